The van der Waals surface area contributed by atoms with Gasteiger partial charge in [0.25, 0.3) is 0 Å². The van der Waals surface area contributed by atoms with Crippen molar-refractivity contribution >= 4 is 5.97 Å². The Bertz CT molecular complexity index is 870. The number of nitrogens with zero attached hydrogens (tertiary/aromatic N) is 4. The Labute approximate surface area is 193 Å². The number of tetrazole rings is 1. The quantitative estimate of drug-likeness (QED) is 0.439. The van der Waals surface area contributed by atoms with Gasteiger partial charge in [0, 0.05) is 6.54 Å². The number of hydrogen-bond donors (Lipinski definition) is 1. The summed E-state index contributed by atoms with van der Waals surface area (Å²) in [5.74, 6) is 0.0420. The molecule has 0 radical (unpaired) electrons. The molecule has 2 atom stereocenters. The Balaban J connectivity index is 2.94. The van der Waals surface area contributed by atoms with Crippen molar-refractivity contribution < 1.29 is 9.90 Å². The van der Waals surface area contributed by atoms with E-state index >= 15 is 0 Å². The monoisotopic (exact) mass is 442 g/mol. The second-order valence-electron chi connectivity index (χ2n) is 10.4. The van der Waals surface area contributed by atoms with E-state index in [0.717, 1.165) is 12.0 Å². The molecular formula is C26H42N4O2. The topological polar surface area (TPSA) is 80.9 Å². The summed E-state index contributed by atoms with van der Waals surface area (Å²) >= 11 is 0. The molecule has 6 heteroatoms. The van der Waals surface area contributed by atoms with Crippen molar-refractivity contribution in [1.82, 2.24) is 20.2 Å². The molecule has 0 aliphatic heterocycles. The maximum atomic E-state index is 12.7. The maximum Gasteiger partial charge on any atom is 0.307 e. The minimum atomic E-state index is -0.785. The molecule has 2 rings (SSSR count). The summed E-state index contributed by atoms with van der Waals surface area (Å²) in [5.41, 5.74) is 4.83. The molecule has 2 aromatic rings. The smallest absolute Gasteiger partial charge is 0.307 e. The first kappa shape index (κ1) is 26.0. The molecule has 178 valence electrons. The van der Waals surface area contributed by atoms with Crippen LogP contribution in [0, 0.1) is 11.8 Å². The largest absolute Gasteiger partial charge is 0.481 e. The van der Waals surface area contributed by atoms with Crippen LogP contribution in [-0.2, 0) is 11.3 Å². The van der Waals surface area contributed by atoms with Gasteiger partial charge in [-0.2, -0.15) is 0 Å². The summed E-state index contributed by atoms with van der Waals surface area (Å²) in [4.78, 5) is 12.7. The number of hydrogen-bond acceptors (Lipinski definition) is 4. The van der Waals surface area contributed by atoms with E-state index in [4.69, 9.17) is 0 Å². The van der Waals surface area contributed by atoms with Gasteiger partial charge in [0.1, 0.15) is 0 Å². The lowest BCUT2D eigenvalue weighted by Gasteiger charge is -2.32. The maximum absolute atomic E-state index is 12.7. The third-order valence-corrected chi connectivity index (χ3v) is 6.21. The zero-order chi connectivity index (χ0) is 24.2. The summed E-state index contributed by atoms with van der Waals surface area (Å²) in [5, 5.41) is 23.0. The Hall–Kier alpha value is -2.24. The molecular weight excluding hydrogens is 400 g/mol. The lowest BCUT2D eigenvalue weighted by Crippen LogP contribution is -2.29. The van der Waals surface area contributed by atoms with E-state index in [1.54, 1.807) is 0 Å². The molecule has 1 N–H and O–H groups in total. The fourth-order valence-corrected chi connectivity index (χ4v) is 4.57. The Morgan fingerprint density at radius 1 is 0.969 bits per heavy atom. The standard InChI is InChI=1S/C26H42N4O2/c1-10-11-30-25(27-28-29-30)24(22(26(31)32)12-15(2)3)23-20(17(6)7)13-19(16(4)5)14-21(23)18(8)9/h13-18,22,24H,10-12H2,1-9H3,(H,31,32)/t22-,24+/m1/s1. The van der Waals surface area contributed by atoms with Gasteiger partial charge in [-0.05, 0) is 69.2 Å². The molecule has 0 aliphatic rings. The zero-order valence-electron chi connectivity index (χ0n) is 21.4. The van der Waals surface area contributed by atoms with E-state index < -0.39 is 17.8 Å². The Morgan fingerprint density at radius 3 is 1.94 bits per heavy atom. The molecule has 0 unspecified atom stereocenters. The molecule has 0 saturated heterocycles. The highest BCUT2D eigenvalue weighted by molar-refractivity contribution is 5.72. The summed E-state index contributed by atoms with van der Waals surface area (Å²) in [6.45, 7) is 20.1. The number of benzene rings is 1. The fourth-order valence-electron chi connectivity index (χ4n) is 4.57. The highest BCUT2D eigenvalue weighted by atomic mass is 16.4. The van der Waals surface area contributed by atoms with E-state index in [1.807, 2.05) is 4.68 Å². The molecule has 0 fully saturated rings. The van der Waals surface area contributed by atoms with Crippen molar-refractivity contribution in [3.05, 3.63) is 40.2 Å². The van der Waals surface area contributed by atoms with Gasteiger partial charge in [-0.1, -0.05) is 74.4 Å². The summed E-state index contributed by atoms with van der Waals surface area (Å²) in [6.07, 6.45) is 1.45. The molecule has 0 amide bonds. The second-order valence-corrected chi connectivity index (χ2v) is 10.4. The molecule has 1 aromatic carbocycles. The van der Waals surface area contributed by atoms with Crippen LogP contribution in [0.3, 0.4) is 0 Å². The number of carboxylic acids is 1. The normalized spacial score (nSPS) is 14.0. The SMILES string of the molecule is CCCn1nnnc1[C@H](c1c(C(C)C)cc(C(C)C)cc1C(C)C)[C@@H](CC(C)C)C(=O)O. The molecule has 0 spiro atoms. The molecule has 0 saturated carbocycles. The summed E-state index contributed by atoms with van der Waals surface area (Å²) in [7, 11) is 0. The van der Waals surface area contributed by atoms with Crippen LogP contribution >= 0.6 is 0 Å². The lowest BCUT2D eigenvalue weighted by atomic mass is 9.73. The van der Waals surface area contributed by atoms with Crippen molar-refractivity contribution in [2.24, 2.45) is 11.8 Å². The van der Waals surface area contributed by atoms with Gasteiger partial charge in [-0.25, -0.2) is 4.68 Å². The lowest BCUT2D eigenvalue weighted by molar-refractivity contribution is -0.142. The van der Waals surface area contributed by atoms with E-state index in [1.165, 1.54) is 16.7 Å². The number of carboxylic acid groups (broad SMARTS) is 1. The van der Waals surface area contributed by atoms with E-state index in [-0.39, 0.29) is 17.8 Å². The minimum Gasteiger partial charge on any atom is -0.481 e. The first-order valence-corrected chi connectivity index (χ1v) is 12.2. The number of aliphatic carboxylic acids is 1. The van der Waals surface area contributed by atoms with Gasteiger partial charge < -0.3 is 5.11 Å². The van der Waals surface area contributed by atoms with Gasteiger partial charge in [0.2, 0.25) is 0 Å². The van der Waals surface area contributed by atoms with Crippen LogP contribution in [0.5, 0.6) is 0 Å². The molecule has 6 nitrogen and oxygen atoms in total. The van der Waals surface area contributed by atoms with Gasteiger partial charge in [-0.3, -0.25) is 4.79 Å². The van der Waals surface area contributed by atoms with Crippen molar-refractivity contribution in [2.45, 2.75) is 105 Å². The van der Waals surface area contributed by atoms with Crippen LogP contribution in [0.1, 0.15) is 127 Å². The Morgan fingerprint density at radius 2 is 1.53 bits per heavy atom. The Kier molecular flexibility index (Phi) is 8.99. The number of carbonyl (C=O) groups is 1. The van der Waals surface area contributed by atoms with Gasteiger partial charge >= 0.3 is 5.97 Å². The van der Waals surface area contributed by atoms with Crippen LogP contribution in [0.4, 0.5) is 0 Å². The highest BCUT2D eigenvalue weighted by Crippen LogP contribution is 2.43. The second kappa shape index (κ2) is 11.1. The third-order valence-electron chi connectivity index (χ3n) is 6.21. The van der Waals surface area contributed by atoms with Gasteiger partial charge in [0.05, 0.1) is 11.8 Å². The number of rotatable bonds is 11. The molecule has 1 aromatic heterocycles. The summed E-state index contributed by atoms with van der Waals surface area (Å²) < 4.78 is 1.81. The van der Waals surface area contributed by atoms with Crippen LogP contribution in [0.25, 0.3) is 0 Å². The van der Waals surface area contributed by atoms with Crippen molar-refractivity contribution in [2.75, 3.05) is 0 Å². The predicted molar refractivity (Wildman–Crippen MR) is 129 cm³/mol. The van der Waals surface area contributed by atoms with Gasteiger partial charge in [-0.15, -0.1) is 5.10 Å². The average molecular weight is 443 g/mol. The average Bonchev–Trinajstić information content (AvgIpc) is 3.14. The van der Waals surface area contributed by atoms with Crippen LogP contribution in [0.2, 0.25) is 0 Å². The molecule has 0 aliphatic carbocycles. The molecule has 0 bridgehead atoms. The predicted octanol–water partition coefficient (Wildman–Crippen LogP) is 6.33. The first-order chi connectivity index (χ1) is 15.0. The van der Waals surface area contributed by atoms with Gasteiger partial charge in [0.15, 0.2) is 5.82 Å². The number of aromatic nitrogens is 4. The fraction of sp³-hybridized carbons (Fsp3) is 0.692. The summed E-state index contributed by atoms with van der Waals surface area (Å²) in [6, 6.07) is 4.57. The van der Waals surface area contributed by atoms with Crippen LogP contribution < -0.4 is 0 Å². The van der Waals surface area contributed by atoms with E-state index in [0.29, 0.717) is 24.7 Å². The first-order valence-electron chi connectivity index (χ1n) is 12.2. The van der Waals surface area contributed by atoms with Crippen LogP contribution in [-0.4, -0.2) is 31.3 Å². The molecule has 1 heterocycles. The third kappa shape index (κ3) is 5.76. The molecule has 32 heavy (non-hydrogen) atoms. The highest BCUT2D eigenvalue weighted by Gasteiger charge is 2.38. The van der Waals surface area contributed by atoms with E-state index in [9.17, 15) is 9.90 Å². The zero-order valence-corrected chi connectivity index (χ0v) is 21.4. The number of aryl methyl sites for hydroxylation is 1. The van der Waals surface area contributed by atoms with Crippen molar-refractivity contribution in [3.8, 4) is 0 Å². The van der Waals surface area contributed by atoms with Crippen LogP contribution in [0.15, 0.2) is 12.1 Å². The van der Waals surface area contributed by atoms with E-state index in [2.05, 4.69) is 90.0 Å². The van der Waals surface area contributed by atoms with Crippen molar-refractivity contribution in [1.29, 1.82) is 0 Å². The van der Waals surface area contributed by atoms with Crippen molar-refractivity contribution in [3.63, 3.8) is 0 Å². The minimum absolute atomic E-state index is 0.244.